The number of aromatic nitrogens is 2. The average molecular weight is 332 g/mol. The van der Waals surface area contributed by atoms with E-state index in [9.17, 15) is 0 Å². The molecule has 3 rings (SSSR count). The zero-order valence-corrected chi connectivity index (χ0v) is 15.0. The first kappa shape index (κ1) is 17.0. The van der Waals surface area contributed by atoms with Crippen LogP contribution in [-0.4, -0.2) is 16.5 Å². The van der Waals surface area contributed by atoms with Crippen LogP contribution in [-0.2, 0) is 6.42 Å². The summed E-state index contributed by atoms with van der Waals surface area (Å²) in [5.41, 5.74) is 4.38. The van der Waals surface area contributed by atoms with Crippen LogP contribution >= 0.6 is 0 Å². The Hall–Kier alpha value is -2.88. The summed E-state index contributed by atoms with van der Waals surface area (Å²) in [6.07, 6.45) is 1.04. The predicted octanol–water partition coefficient (Wildman–Crippen LogP) is 5.25. The maximum absolute atomic E-state index is 4.72. The molecule has 128 valence electrons. The van der Waals surface area contributed by atoms with Gasteiger partial charge in [-0.25, -0.2) is 4.98 Å². The lowest BCUT2D eigenvalue weighted by molar-refractivity contribution is 0.969. The highest BCUT2D eigenvalue weighted by molar-refractivity contribution is 5.62. The van der Waals surface area contributed by atoms with Crippen molar-refractivity contribution in [3.63, 3.8) is 0 Å². The summed E-state index contributed by atoms with van der Waals surface area (Å²) in [5.74, 6) is 1.52. The van der Waals surface area contributed by atoms with E-state index in [0.717, 1.165) is 35.9 Å². The number of nitrogens with one attached hydrogen (secondary N) is 1. The number of hydrogen-bond acceptors (Lipinski definition) is 4. The molecule has 0 aliphatic heterocycles. The Balaban J connectivity index is 1.89. The van der Waals surface area contributed by atoms with Gasteiger partial charge in [0, 0.05) is 29.7 Å². The van der Waals surface area contributed by atoms with E-state index < -0.39 is 0 Å². The Morgan fingerprint density at radius 3 is 2.28 bits per heavy atom. The highest BCUT2D eigenvalue weighted by Crippen LogP contribution is 2.25. The number of para-hydroxylation sites is 1. The van der Waals surface area contributed by atoms with Crippen molar-refractivity contribution in [3.05, 3.63) is 71.9 Å². The predicted molar refractivity (Wildman–Crippen MR) is 105 cm³/mol. The van der Waals surface area contributed by atoms with Crippen molar-refractivity contribution in [1.82, 2.24) is 9.97 Å². The highest BCUT2D eigenvalue weighted by Gasteiger charge is 2.11. The van der Waals surface area contributed by atoms with Gasteiger partial charge < -0.3 is 10.2 Å². The van der Waals surface area contributed by atoms with E-state index in [0.29, 0.717) is 5.95 Å². The smallest absolute Gasteiger partial charge is 0.229 e. The molecule has 0 spiro atoms. The number of benzene rings is 2. The topological polar surface area (TPSA) is 41.1 Å². The first-order chi connectivity index (χ1) is 12.2. The van der Waals surface area contributed by atoms with E-state index in [2.05, 4.69) is 65.4 Å². The Labute approximate surface area is 149 Å². The molecule has 4 nitrogen and oxygen atoms in total. The minimum atomic E-state index is 0.619. The van der Waals surface area contributed by atoms with Gasteiger partial charge in [-0.3, -0.25) is 0 Å². The van der Waals surface area contributed by atoms with Crippen molar-refractivity contribution in [2.45, 2.75) is 27.2 Å². The molecule has 0 aliphatic carbocycles. The van der Waals surface area contributed by atoms with Crippen molar-refractivity contribution in [2.24, 2.45) is 0 Å². The fraction of sp³-hybridized carbons (Fsp3) is 0.238. The van der Waals surface area contributed by atoms with Crippen LogP contribution < -0.4 is 10.2 Å². The summed E-state index contributed by atoms with van der Waals surface area (Å²) in [5, 5.41) is 3.32. The molecule has 25 heavy (non-hydrogen) atoms. The van der Waals surface area contributed by atoms with Gasteiger partial charge in [-0.15, -0.1) is 0 Å². The summed E-state index contributed by atoms with van der Waals surface area (Å²) in [7, 11) is 0. The zero-order chi connectivity index (χ0) is 17.6. The molecule has 0 saturated carbocycles. The lowest BCUT2D eigenvalue weighted by atomic mass is 10.1. The van der Waals surface area contributed by atoms with Gasteiger partial charge in [0.05, 0.1) is 0 Å². The molecule has 0 atom stereocenters. The van der Waals surface area contributed by atoms with Gasteiger partial charge in [-0.2, -0.15) is 4.98 Å². The Bertz CT molecular complexity index is 813. The summed E-state index contributed by atoms with van der Waals surface area (Å²) in [6.45, 7) is 7.11. The second kappa shape index (κ2) is 7.79. The molecule has 0 aliphatic rings. The number of hydrogen-bond donors (Lipinski definition) is 1. The van der Waals surface area contributed by atoms with Crippen molar-refractivity contribution >= 4 is 23.1 Å². The van der Waals surface area contributed by atoms with Gasteiger partial charge in [0.15, 0.2) is 0 Å². The monoisotopic (exact) mass is 332 g/mol. The van der Waals surface area contributed by atoms with Crippen LogP contribution in [0.25, 0.3) is 0 Å². The number of rotatable bonds is 6. The zero-order valence-electron chi connectivity index (χ0n) is 15.0. The maximum atomic E-state index is 4.72. The van der Waals surface area contributed by atoms with E-state index in [1.165, 1.54) is 5.56 Å². The fourth-order valence-corrected chi connectivity index (χ4v) is 2.78. The molecule has 1 N–H and O–H groups in total. The van der Waals surface area contributed by atoms with E-state index in [4.69, 9.17) is 4.98 Å². The number of aryl methyl sites for hydroxylation is 2. The van der Waals surface area contributed by atoms with Gasteiger partial charge in [0.25, 0.3) is 0 Å². The molecule has 0 radical (unpaired) electrons. The molecule has 0 amide bonds. The molecule has 3 aromatic rings. The lowest BCUT2D eigenvalue weighted by Crippen LogP contribution is -2.18. The van der Waals surface area contributed by atoms with Crippen LogP contribution in [0.5, 0.6) is 0 Å². The minimum absolute atomic E-state index is 0.619. The number of nitrogens with zero attached hydrogens (tertiary/aromatic N) is 3. The fourth-order valence-electron chi connectivity index (χ4n) is 2.78. The standard InChI is InChI=1S/C21H24N4/c1-4-17-11-13-18(14-12-17)23-21-22-16(3)15-20(24-21)25(5-2)19-9-7-6-8-10-19/h6-15H,4-5H2,1-3H3,(H,22,23,24). The molecule has 1 aromatic heterocycles. The minimum Gasteiger partial charge on any atom is -0.326 e. The summed E-state index contributed by atoms with van der Waals surface area (Å²) in [6, 6.07) is 20.7. The molecule has 2 aromatic carbocycles. The van der Waals surface area contributed by atoms with Gasteiger partial charge in [-0.1, -0.05) is 37.3 Å². The summed E-state index contributed by atoms with van der Waals surface area (Å²) >= 11 is 0. The normalized spacial score (nSPS) is 10.5. The molecular weight excluding hydrogens is 308 g/mol. The quantitative estimate of drug-likeness (QED) is 0.669. The van der Waals surface area contributed by atoms with Crippen LogP contribution in [0.4, 0.5) is 23.1 Å². The van der Waals surface area contributed by atoms with Crippen molar-refractivity contribution < 1.29 is 0 Å². The Morgan fingerprint density at radius 2 is 1.64 bits per heavy atom. The van der Waals surface area contributed by atoms with E-state index >= 15 is 0 Å². The Morgan fingerprint density at radius 1 is 0.920 bits per heavy atom. The molecule has 0 unspecified atom stereocenters. The number of anilines is 4. The van der Waals surface area contributed by atoms with Gasteiger partial charge >= 0.3 is 0 Å². The summed E-state index contributed by atoms with van der Waals surface area (Å²) < 4.78 is 0. The Kier molecular flexibility index (Phi) is 5.29. The third kappa shape index (κ3) is 4.15. The lowest BCUT2D eigenvalue weighted by Gasteiger charge is -2.23. The van der Waals surface area contributed by atoms with Crippen LogP contribution in [0.1, 0.15) is 25.1 Å². The first-order valence-electron chi connectivity index (χ1n) is 8.74. The summed E-state index contributed by atoms with van der Waals surface area (Å²) in [4.78, 5) is 11.4. The first-order valence-corrected chi connectivity index (χ1v) is 8.74. The molecular formula is C21H24N4. The van der Waals surface area contributed by atoms with Gasteiger partial charge in [0.1, 0.15) is 5.82 Å². The van der Waals surface area contributed by atoms with E-state index in [1.54, 1.807) is 0 Å². The van der Waals surface area contributed by atoms with Crippen molar-refractivity contribution in [2.75, 3.05) is 16.8 Å². The maximum Gasteiger partial charge on any atom is 0.229 e. The van der Waals surface area contributed by atoms with Crippen LogP contribution in [0.15, 0.2) is 60.7 Å². The largest absolute Gasteiger partial charge is 0.326 e. The van der Waals surface area contributed by atoms with Crippen LogP contribution in [0.3, 0.4) is 0 Å². The van der Waals surface area contributed by atoms with Gasteiger partial charge in [0.2, 0.25) is 5.95 Å². The molecule has 0 bridgehead atoms. The SMILES string of the molecule is CCc1ccc(Nc2nc(C)cc(N(CC)c3ccccc3)n2)cc1. The molecule has 0 fully saturated rings. The molecule has 4 heteroatoms. The van der Waals surface area contributed by atoms with Gasteiger partial charge in [-0.05, 0) is 50.1 Å². The second-order valence-electron chi connectivity index (χ2n) is 5.95. The van der Waals surface area contributed by atoms with E-state index in [1.807, 2.05) is 31.2 Å². The van der Waals surface area contributed by atoms with Crippen molar-refractivity contribution in [1.29, 1.82) is 0 Å². The molecule has 0 saturated heterocycles. The molecule has 1 heterocycles. The van der Waals surface area contributed by atoms with Crippen molar-refractivity contribution in [3.8, 4) is 0 Å². The average Bonchev–Trinajstić information content (AvgIpc) is 2.63. The van der Waals surface area contributed by atoms with Crippen LogP contribution in [0.2, 0.25) is 0 Å². The third-order valence-corrected chi connectivity index (χ3v) is 4.12. The van der Waals surface area contributed by atoms with Crippen LogP contribution in [0, 0.1) is 6.92 Å². The second-order valence-corrected chi connectivity index (χ2v) is 5.95. The highest BCUT2D eigenvalue weighted by atomic mass is 15.2. The third-order valence-electron chi connectivity index (χ3n) is 4.12. The van der Waals surface area contributed by atoms with E-state index in [-0.39, 0.29) is 0 Å².